The Bertz CT molecular complexity index is 756. The Hall–Kier alpha value is -2.90. The molecule has 0 radical (unpaired) electrons. The molecule has 8 nitrogen and oxygen atoms in total. The van der Waals surface area contributed by atoms with E-state index in [1.807, 2.05) is 6.92 Å². The molecule has 0 fully saturated rings. The van der Waals surface area contributed by atoms with Gasteiger partial charge in [-0.1, -0.05) is 6.07 Å². The number of aromatic nitrogens is 2. The number of ether oxygens (including phenoxy) is 1. The number of carbonyl (C=O) groups is 1. The molecule has 3 rings (SSSR count). The highest BCUT2D eigenvalue weighted by molar-refractivity contribution is 5.96. The maximum Gasteiger partial charge on any atom is 0.271 e. The van der Waals surface area contributed by atoms with Crippen LogP contribution in [-0.2, 0) is 17.8 Å². The molecule has 1 aliphatic rings. The van der Waals surface area contributed by atoms with E-state index >= 15 is 0 Å². The molecule has 0 spiro atoms. The van der Waals surface area contributed by atoms with Gasteiger partial charge in [-0.15, -0.1) is 0 Å². The van der Waals surface area contributed by atoms with Crippen molar-refractivity contribution in [3.05, 3.63) is 46.3 Å². The highest BCUT2D eigenvalue weighted by Gasteiger charge is 2.27. The number of nitro benzene ring substituents is 1. The average Bonchev–Trinajstić information content (AvgIpc) is 3.18. The van der Waals surface area contributed by atoms with Crippen molar-refractivity contribution in [1.29, 1.82) is 0 Å². The predicted molar refractivity (Wildman–Crippen MR) is 82.5 cm³/mol. The van der Waals surface area contributed by atoms with Crippen molar-refractivity contribution in [1.82, 2.24) is 9.78 Å². The van der Waals surface area contributed by atoms with Crippen molar-refractivity contribution in [3.8, 4) is 5.75 Å². The number of aryl methyl sites for hydroxylation is 1. The van der Waals surface area contributed by atoms with Crippen LogP contribution >= 0.6 is 0 Å². The zero-order chi connectivity index (χ0) is 16.4. The lowest BCUT2D eigenvalue weighted by Crippen LogP contribution is -2.33. The fraction of sp³-hybridized carbons (Fsp3) is 0.333. The lowest BCUT2D eigenvalue weighted by atomic mass is 10.1. The maximum absolute atomic E-state index is 12.3. The highest BCUT2D eigenvalue weighted by Crippen LogP contribution is 2.31. The number of rotatable bonds is 5. The molecule has 23 heavy (non-hydrogen) atoms. The van der Waals surface area contributed by atoms with Gasteiger partial charge in [0, 0.05) is 25.2 Å². The molecule has 120 valence electrons. The zero-order valence-electron chi connectivity index (χ0n) is 12.6. The van der Waals surface area contributed by atoms with Crippen molar-refractivity contribution in [2.45, 2.75) is 19.9 Å². The Morgan fingerprint density at radius 1 is 1.48 bits per heavy atom. The van der Waals surface area contributed by atoms with Gasteiger partial charge in [0.1, 0.15) is 0 Å². The second-order valence-electron chi connectivity index (χ2n) is 5.19. The number of benzene rings is 1. The third-order valence-corrected chi connectivity index (χ3v) is 3.77. The van der Waals surface area contributed by atoms with Crippen molar-refractivity contribution in [2.24, 2.45) is 0 Å². The third kappa shape index (κ3) is 3.01. The minimum atomic E-state index is -0.461. The van der Waals surface area contributed by atoms with Crippen LogP contribution in [0.2, 0.25) is 0 Å². The lowest BCUT2D eigenvalue weighted by molar-refractivity contribution is -0.384. The van der Waals surface area contributed by atoms with Crippen LogP contribution in [0.25, 0.3) is 0 Å². The standard InChI is InChI=1S/C15H16N4O4/c1-2-17-9-13(8-16-17)23-10-15(20)18-6-5-11-3-4-12(19(21)22)7-14(11)18/h3-4,7-9H,2,5-6,10H2,1H3. The molecule has 0 N–H and O–H groups in total. The molecule has 0 bridgehead atoms. The number of nitrogens with zero attached hydrogens (tertiary/aromatic N) is 4. The number of fused-ring (bicyclic) bond motifs is 1. The molecule has 0 atom stereocenters. The van der Waals surface area contributed by atoms with E-state index in [0.717, 1.165) is 12.1 Å². The Labute approximate surface area is 132 Å². The van der Waals surface area contributed by atoms with Gasteiger partial charge < -0.3 is 9.64 Å². The van der Waals surface area contributed by atoms with Gasteiger partial charge in [0.05, 0.1) is 23.0 Å². The van der Waals surface area contributed by atoms with E-state index in [4.69, 9.17) is 4.74 Å². The summed E-state index contributed by atoms with van der Waals surface area (Å²) in [4.78, 5) is 24.3. The quantitative estimate of drug-likeness (QED) is 0.619. The molecule has 2 heterocycles. The SMILES string of the molecule is CCn1cc(OCC(=O)N2CCc3ccc([N+](=O)[O-])cc32)cn1. The normalized spacial score (nSPS) is 13.0. The Morgan fingerprint density at radius 2 is 2.30 bits per heavy atom. The number of nitro groups is 1. The van der Waals surface area contributed by atoms with E-state index in [-0.39, 0.29) is 18.2 Å². The van der Waals surface area contributed by atoms with Crippen LogP contribution in [0.5, 0.6) is 5.75 Å². The summed E-state index contributed by atoms with van der Waals surface area (Å²) < 4.78 is 7.15. The highest BCUT2D eigenvalue weighted by atomic mass is 16.6. The van der Waals surface area contributed by atoms with E-state index in [9.17, 15) is 14.9 Å². The summed E-state index contributed by atoms with van der Waals surface area (Å²) in [5.41, 5.74) is 1.51. The third-order valence-electron chi connectivity index (χ3n) is 3.77. The van der Waals surface area contributed by atoms with E-state index < -0.39 is 4.92 Å². The minimum absolute atomic E-state index is 0.0198. The largest absolute Gasteiger partial charge is 0.480 e. The molecule has 0 unspecified atom stereocenters. The average molecular weight is 316 g/mol. The summed E-state index contributed by atoms with van der Waals surface area (Å²) in [5, 5.41) is 15.0. The summed E-state index contributed by atoms with van der Waals surface area (Å²) in [5.74, 6) is 0.298. The molecule has 0 saturated carbocycles. The van der Waals surface area contributed by atoms with Gasteiger partial charge in [-0.05, 0) is 18.9 Å². The van der Waals surface area contributed by atoms with Crippen molar-refractivity contribution in [3.63, 3.8) is 0 Å². The van der Waals surface area contributed by atoms with Crippen LogP contribution in [0.15, 0.2) is 30.6 Å². The molecule has 1 aromatic heterocycles. The van der Waals surface area contributed by atoms with Crippen LogP contribution in [0, 0.1) is 10.1 Å². The number of hydrogen-bond donors (Lipinski definition) is 0. The molecule has 1 aromatic carbocycles. The molecule has 1 amide bonds. The topological polar surface area (TPSA) is 90.5 Å². The van der Waals surface area contributed by atoms with E-state index in [0.29, 0.717) is 24.4 Å². The fourth-order valence-corrected chi connectivity index (χ4v) is 2.56. The van der Waals surface area contributed by atoms with Gasteiger partial charge in [-0.3, -0.25) is 19.6 Å². The summed E-state index contributed by atoms with van der Waals surface area (Å²) >= 11 is 0. The zero-order valence-corrected chi connectivity index (χ0v) is 12.6. The van der Waals surface area contributed by atoms with Gasteiger partial charge >= 0.3 is 0 Å². The first-order valence-corrected chi connectivity index (χ1v) is 7.31. The van der Waals surface area contributed by atoms with Crippen LogP contribution in [0.3, 0.4) is 0 Å². The molecular formula is C15H16N4O4. The van der Waals surface area contributed by atoms with E-state index in [1.165, 1.54) is 17.0 Å². The van der Waals surface area contributed by atoms with Crippen molar-refractivity contribution in [2.75, 3.05) is 18.1 Å². The second kappa shape index (κ2) is 6.07. The fourth-order valence-electron chi connectivity index (χ4n) is 2.56. The first-order valence-electron chi connectivity index (χ1n) is 7.31. The van der Waals surface area contributed by atoms with Gasteiger partial charge in [-0.25, -0.2) is 0 Å². The predicted octanol–water partition coefficient (Wildman–Crippen LogP) is 1.78. The van der Waals surface area contributed by atoms with Crippen LogP contribution in [0.1, 0.15) is 12.5 Å². The van der Waals surface area contributed by atoms with E-state index in [2.05, 4.69) is 5.10 Å². The summed E-state index contributed by atoms with van der Waals surface area (Å²) in [7, 11) is 0. The maximum atomic E-state index is 12.3. The molecule has 0 saturated heterocycles. The number of non-ortho nitro benzene ring substituents is 1. The van der Waals surface area contributed by atoms with Crippen LogP contribution in [-0.4, -0.2) is 33.8 Å². The van der Waals surface area contributed by atoms with Gasteiger partial charge in [0.15, 0.2) is 12.4 Å². The number of anilines is 1. The van der Waals surface area contributed by atoms with Gasteiger partial charge in [0.2, 0.25) is 0 Å². The summed E-state index contributed by atoms with van der Waals surface area (Å²) in [6.07, 6.45) is 3.96. The molecule has 2 aromatic rings. The van der Waals surface area contributed by atoms with Crippen LogP contribution in [0.4, 0.5) is 11.4 Å². The first-order chi connectivity index (χ1) is 11.1. The smallest absolute Gasteiger partial charge is 0.271 e. The van der Waals surface area contributed by atoms with Gasteiger partial charge in [0.25, 0.3) is 11.6 Å². The number of carbonyl (C=O) groups excluding carboxylic acids is 1. The first kappa shape index (κ1) is 15.0. The number of amides is 1. The molecule has 0 aliphatic carbocycles. The Morgan fingerprint density at radius 3 is 3.00 bits per heavy atom. The monoisotopic (exact) mass is 316 g/mol. The second-order valence-corrected chi connectivity index (χ2v) is 5.19. The summed E-state index contributed by atoms with van der Waals surface area (Å²) in [6.45, 7) is 3.06. The Kier molecular flexibility index (Phi) is 3.96. The van der Waals surface area contributed by atoms with Crippen molar-refractivity contribution >= 4 is 17.3 Å². The summed E-state index contributed by atoms with van der Waals surface area (Å²) in [6, 6.07) is 4.60. The van der Waals surface area contributed by atoms with Gasteiger partial charge in [-0.2, -0.15) is 5.10 Å². The number of hydrogen-bond acceptors (Lipinski definition) is 5. The molecule has 8 heteroatoms. The van der Waals surface area contributed by atoms with Crippen molar-refractivity contribution < 1.29 is 14.5 Å². The Balaban J connectivity index is 1.70. The molecular weight excluding hydrogens is 300 g/mol. The lowest BCUT2D eigenvalue weighted by Gasteiger charge is -2.17. The van der Waals surface area contributed by atoms with Crippen LogP contribution < -0.4 is 9.64 Å². The molecule has 1 aliphatic heterocycles. The van der Waals surface area contributed by atoms with E-state index in [1.54, 1.807) is 23.1 Å². The minimum Gasteiger partial charge on any atom is -0.480 e.